The summed E-state index contributed by atoms with van der Waals surface area (Å²) in [7, 11) is 0. The maximum Gasteiger partial charge on any atom is 0.253 e. The van der Waals surface area contributed by atoms with Gasteiger partial charge >= 0.3 is 0 Å². The van der Waals surface area contributed by atoms with Gasteiger partial charge in [0.25, 0.3) is 5.91 Å². The Labute approximate surface area is 152 Å². The number of likely N-dealkylation sites (tertiary alicyclic amines) is 1. The first kappa shape index (κ1) is 18.9. The summed E-state index contributed by atoms with van der Waals surface area (Å²) in [6.45, 7) is 0.504. The predicted molar refractivity (Wildman–Crippen MR) is 90.0 cm³/mol. The van der Waals surface area contributed by atoms with Crippen LogP contribution in [0.4, 0.5) is 23.2 Å². The second-order valence-corrected chi connectivity index (χ2v) is 6.31. The smallest absolute Gasteiger partial charge is 0.253 e. The van der Waals surface area contributed by atoms with Crippen molar-refractivity contribution in [2.24, 2.45) is 5.92 Å². The zero-order chi connectivity index (χ0) is 19.6. The zero-order valence-electron chi connectivity index (χ0n) is 14.1. The third-order valence-corrected chi connectivity index (χ3v) is 4.51. The maximum atomic E-state index is 13.6. The van der Waals surface area contributed by atoms with Gasteiger partial charge in [-0.2, -0.15) is 0 Å². The Morgan fingerprint density at radius 3 is 2.22 bits per heavy atom. The monoisotopic (exact) mass is 380 g/mol. The molecule has 0 spiro atoms. The van der Waals surface area contributed by atoms with E-state index in [1.165, 1.54) is 11.0 Å². The lowest BCUT2D eigenvalue weighted by molar-refractivity contribution is -0.121. The molecule has 0 unspecified atom stereocenters. The Balaban J connectivity index is 1.58. The van der Waals surface area contributed by atoms with Crippen molar-refractivity contribution >= 4 is 17.5 Å². The second-order valence-electron chi connectivity index (χ2n) is 6.31. The number of anilines is 1. The highest BCUT2D eigenvalue weighted by Crippen LogP contribution is 2.23. The Kier molecular flexibility index (Phi) is 5.43. The minimum atomic E-state index is -1.10. The van der Waals surface area contributed by atoms with E-state index in [1.54, 1.807) is 0 Å². The van der Waals surface area contributed by atoms with E-state index in [0.717, 1.165) is 24.3 Å². The minimum Gasteiger partial charge on any atom is -0.339 e. The molecule has 1 N–H and O–H groups in total. The predicted octanol–water partition coefficient (Wildman–Crippen LogP) is 3.73. The van der Waals surface area contributed by atoms with Gasteiger partial charge in [0.15, 0.2) is 11.6 Å². The molecule has 1 heterocycles. The number of carbonyl (C=O) groups excluding carboxylic acids is 2. The Hall–Kier alpha value is -2.90. The number of hydrogen-bond donors (Lipinski definition) is 1. The fraction of sp³-hybridized carbons (Fsp3) is 0.263. The summed E-state index contributed by atoms with van der Waals surface area (Å²) in [4.78, 5) is 26.1. The van der Waals surface area contributed by atoms with Gasteiger partial charge in [-0.15, -0.1) is 0 Å². The van der Waals surface area contributed by atoms with Crippen LogP contribution in [0.1, 0.15) is 23.2 Å². The molecule has 8 heteroatoms. The number of halogens is 4. The molecule has 1 aliphatic heterocycles. The average Bonchev–Trinajstić information content (AvgIpc) is 2.65. The van der Waals surface area contributed by atoms with E-state index in [2.05, 4.69) is 5.32 Å². The summed E-state index contributed by atoms with van der Waals surface area (Å²) >= 11 is 0. The van der Waals surface area contributed by atoms with Gasteiger partial charge in [-0.05, 0) is 43.2 Å². The van der Waals surface area contributed by atoms with Crippen molar-refractivity contribution in [2.75, 3.05) is 18.4 Å². The van der Waals surface area contributed by atoms with E-state index in [0.29, 0.717) is 18.9 Å². The van der Waals surface area contributed by atoms with Crippen molar-refractivity contribution in [2.45, 2.75) is 12.8 Å². The molecule has 4 nitrogen and oxygen atoms in total. The van der Waals surface area contributed by atoms with Crippen molar-refractivity contribution in [3.8, 4) is 0 Å². The fourth-order valence-corrected chi connectivity index (χ4v) is 2.98. The van der Waals surface area contributed by atoms with Crippen LogP contribution in [0, 0.1) is 29.2 Å². The van der Waals surface area contributed by atoms with E-state index in [4.69, 9.17) is 0 Å². The average molecular weight is 380 g/mol. The summed E-state index contributed by atoms with van der Waals surface area (Å²) in [5.74, 6) is -5.04. The fourth-order valence-electron chi connectivity index (χ4n) is 2.98. The van der Waals surface area contributed by atoms with E-state index in [9.17, 15) is 27.2 Å². The minimum absolute atomic E-state index is 0.0326. The molecule has 1 saturated heterocycles. The largest absolute Gasteiger partial charge is 0.339 e. The molecule has 0 radical (unpaired) electrons. The van der Waals surface area contributed by atoms with Gasteiger partial charge in [0.05, 0.1) is 5.69 Å². The van der Waals surface area contributed by atoms with Crippen LogP contribution in [0.25, 0.3) is 0 Å². The zero-order valence-corrected chi connectivity index (χ0v) is 14.1. The molecule has 0 bridgehead atoms. The molecule has 0 saturated carbocycles. The SMILES string of the molecule is O=C(Nc1ccc(F)cc1F)C1CCN(C(=O)c2ccc(F)c(F)c2)CC1. The highest BCUT2D eigenvalue weighted by Gasteiger charge is 2.28. The molecule has 2 aromatic rings. The number of benzene rings is 2. The molecule has 1 aliphatic rings. The molecule has 0 aromatic heterocycles. The first-order valence-corrected chi connectivity index (χ1v) is 8.35. The van der Waals surface area contributed by atoms with Crippen molar-refractivity contribution < 1.29 is 27.2 Å². The van der Waals surface area contributed by atoms with Crippen LogP contribution >= 0.6 is 0 Å². The third kappa shape index (κ3) is 4.27. The topological polar surface area (TPSA) is 49.4 Å². The van der Waals surface area contributed by atoms with Crippen molar-refractivity contribution in [3.63, 3.8) is 0 Å². The molecule has 2 amide bonds. The Morgan fingerprint density at radius 1 is 0.889 bits per heavy atom. The molecular weight excluding hydrogens is 364 g/mol. The van der Waals surface area contributed by atoms with Gasteiger partial charge < -0.3 is 10.2 Å². The summed E-state index contributed by atoms with van der Waals surface area (Å²) in [6.07, 6.45) is 0.675. The quantitative estimate of drug-likeness (QED) is 0.825. The van der Waals surface area contributed by atoms with Gasteiger partial charge in [0.1, 0.15) is 11.6 Å². The van der Waals surface area contributed by atoms with Crippen LogP contribution in [0.2, 0.25) is 0 Å². The van der Waals surface area contributed by atoms with Gasteiger partial charge in [-0.25, -0.2) is 17.6 Å². The van der Waals surface area contributed by atoms with Gasteiger partial charge in [0, 0.05) is 30.6 Å². The number of amides is 2. The molecule has 27 heavy (non-hydrogen) atoms. The van der Waals surface area contributed by atoms with Crippen molar-refractivity contribution in [3.05, 3.63) is 65.2 Å². The van der Waals surface area contributed by atoms with E-state index >= 15 is 0 Å². The Morgan fingerprint density at radius 2 is 1.59 bits per heavy atom. The lowest BCUT2D eigenvalue weighted by atomic mass is 9.95. The van der Waals surface area contributed by atoms with E-state index in [-0.39, 0.29) is 24.3 Å². The summed E-state index contributed by atoms with van der Waals surface area (Å²) in [5, 5.41) is 2.42. The van der Waals surface area contributed by atoms with Gasteiger partial charge in [-0.3, -0.25) is 9.59 Å². The number of carbonyl (C=O) groups is 2. The number of hydrogen-bond acceptors (Lipinski definition) is 2. The highest BCUT2D eigenvalue weighted by molar-refractivity contribution is 5.95. The molecule has 0 aliphatic carbocycles. The number of nitrogens with one attached hydrogen (secondary N) is 1. The maximum absolute atomic E-state index is 13.6. The number of nitrogens with zero attached hydrogens (tertiary/aromatic N) is 1. The van der Waals surface area contributed by atoms with Crippen LogP contribution in [0.5, 0.6) is 0 Å². The standard InChI is InChI=1S/C19H16F4N2O2/c20-13-2-4-17(16(23)10-13)24-18(26)11-5-7-25(8-6-11)19(27)12-1-3-14(21)15(22)9-12/h1-4,9-11H,5-8H2,(H,24,26). The summed E-state index contributed by atoms with van der Waals surface area (Å²) in [5.41, 5.74) is -0.0770. The first-order valence-electron chi connectivity index (χ1n) is 8.35. The molecular formula is C19H16F4N2O2. The summed E-state index contributed by atoms with van der Waals surface area (Å²) in [6, 6.07) is 5.80. The van der Waals surface area contributed by atoms with E-state index in [1.807, 2.05) is 0 Å². The molecule has 1 fully saturated rings. The van der Waals surface area contributed by atoms with Crippen LogP contribution in [0.15, 0.2) is 36.4 Å². The normalized spacial score (nSPS) is 14.9. The third-order valence-electron chi connectivity index (χ3n) is 4.51. The van der Waals surface area contributed by atoms with E-state index < -0.39 is 41.0 Å². The number of piperidine rings is 1. The van der Waals surface area contributed by atoms with Crippen molar-refractivity contribution in [1.82, 2.24) is 4.90 Å². The first-order chi connectivity index (χ1) is 12.8. The lowest BCUT2D eigenvalue weighted by Gasteiger charge is -2.31. The lowest BCUT2D eigenvalue weighted by Crippen LogP contribution is -2.41. The van der Waals surface area contributed by atoms with Crippen molar-refractivity contribution in [1.29, 1.82) is 0 Å². The van der Waals surface area contributed by atoms with Crippen LogP contribution in [0.3, 0.4) is 0 Å². The van der Waals surface area contributed by atoms with Gasteiger partial charge in [0.2, 0.25) is 5.91 Å². The molecule has 0 atom stereocenters. The van der Waals surface area contributed by atoms with Crippen LogP contribution in [-0.2, 0) is 4.79 Å². The second kappa shape index (κ2) is 7.77. The molecule has 3 rings (SSSR count). The molecule has 2 aromatic carbocycles. The highest BCUT2D eigenvalue weighted by atomic mass is 19.2. The van der Waals surface area contributed by atoms with Crippen LogP contribution < -0.4 is 5.32 Å². The summed E-state index contributed by atoms with van der Waals surface area (Å²) < 4.78 is 52.8. The van der Waals surface area contributed by atoms with Crippen LogP contribution in [-0.4, -0.2) is 29.8 Å². The number of rotatable bonds is 3. The van der Waals surface area contributed by atoms with Gasteiger partial charge in [-0.1, -0.05) is 0 Å². The molecule has 142 valence electrons. The Bertz CT molecular complexity index is 880.